The van der Waals surface area contributed by atoms with Gasteiger partial charge in [-0.3, -0.25) is 0 Å². The van der Waals surface area contributed by atoms with Crippen LogP contribution in [-0.4, -0.2) is 30.0 Å². The van der Waals surface area contributed by atoms with Gasteiger partial charge in [-0.25, -0.2) is 13.6 Å². The molecule has 1 aliphatic rings. The maximum absolute atomic E-state index is 16.2. The number of benzene rings is 4. The number of anilines is 1. The number of nitrogen functional groups attached to an aromatic ring is 1. The molecule has 1 fully saturated rings. The van der Waals surface area contributed by atoms with Gasteiger partial charge in [0.1, 0.15) is 12.4 Å². The minimum Gasteiger partial charge on any atom is -0.457 e. The first kappa shape index (κ1) is 27.4. The normalized spacial score (nSPS) is 13.8. The molecule has 0 atom stereocenters. The van der Waals surface area contributed by atoms with Crippen LogP contribution >= 0.6 is 0 Å². The monoisotopic (exact) mass is 565 g/mol. The summed E-state index contributed by atoms with van der Waals surface area (Å²) in [6.07, 6.45) is 2.45. The highest BCUT2D eigenvalue weighted by Gasteiger charge is 2.30. The molecule has 5 aromatic rings. The number of carbonyl (C=O) groups is 1. The second-order valence-electron chi connectivity index (χ2n) is 10.3. The molecule has 6 rings (SSSR count). The fourth-order valence-electron chi connectivity index (χ4n) is 5.67. The van der Waals surface area contributed by atoms with Gasteiger partial charge in [0.15, 0.2) is 5.82 Å². The highest BCUT2D eigenvalue weighted by Crippen LogP contribution is 2.46. The standard InChI is InChI=1S/C34H29F2N3O3/c35-26-10-12-27(13-11-26)39-28-18-25(19-37)32(38)31(36)30(28)29(33(39)23-14-16-41-17-15-23)22-6-8-24(9-7-22)34(40)42-20-21-4-2-1-3-5-21/h1-13,18-19,23,37H,14-17,20,38H2. The van der Waals surface area contributed by atoms with E-state index in [0.29, 0.717) is 59.3 Å². The number of fused-ring (bicyclic) bond motifs is 1. The lowest BCUT2D eigenvalue weighted by molar-refractivity contribution is 0.0472. The molecule has 0 aliphatic carbocycles. The summed E-state index contributed by atoms with van der Waals surface area (Å²) in [5.41, 5.74) is 10.9. The van der Waals surface area contributed by atoms with Crippen LogP contribution < -0.4 is 5.73 Å². The van der Waals surface area contributed by atoms with E-state index in [1.807, 2.05) is 34.9 Å². The van der Waals surface area contributed by atoms with Crippen molar-refractivity contribution in [2.24, 2.45) is 0 Å². The summed E-state index contributed by atoms with van der Waals surface area (Å²) in [4.78, 5) is 12.8. The number of halogens is 2. The summed E-state index contributed by atoms with van der Waals surface area (Å²) in [5, 5.41) is 8.15. The Morgan fingerprint density at radius 2 is 1.69 bits per heavy atom. The molecular formula is C34H29F2N3O3. The number of aromatic nitrogens is 1. The number of ether oxygens (including phenoxy) is 2. The predicted molar refractivity (Wildman–Crippen MR) is 159 cm³/mol. The van der Waals surface area contributed by atoms with E-state index in [4.69, 9.17) is 20.6 Å². The average Bonchev–Trinajstić information content (AvgIpc) is 3.38. The Morgan fingerprint density at radius 1 is 1.00 bits per heavy atom. The van der Waals surface area contributed by atoms with E-state index in [2.05, 4.69) is 0 Å². The largest absolute Gasteiger partial charge is 0.457 e. The Morgan fingerprint density at radius 3 is 2.36 bits per heavy atom. The zero-order chi connectivity index (χ0) is 29.2. The van der Waals surface area contributed by atoms with Gasteiger partial charge in [0.25, 0.3) is 0 Å². The Bertz CT molecular complexity index is 1760. The molecular weight excluding hydrogens is 536 g/mol. The summed E-state index contributed by atoms with van der Waals surface area (Å²) in [6.45, 7) is 1.26. The number of rotatable bonds is 7. The SMILES string of the molecule is N=Cc1cc2c(c(F)c1N)c(-c1ccc(C(=O)OCc3ccccc3)cc1)c(C1CCOCC1)n2-c1ccc(F)cc1. The second-order valence-corrected chi connectivity index (χ2v) is 10.3. The summed E-state index contributed by atoms with van der Waals surface area (Å²) >= 11 is 0. The van der Waals surface area contributed by atoms with Crippen molar-refractivity contribution in [3.63, 3.8) is 0 Å². The number of hydrogen-bond acceptors (Lipinski definition) is 5. The fourth-order valence-corrected chi connectivity index (χ4v) is 5.67. The Hall–Kier alpha value is -4.82. The molecule has 0 bridgehead atoms. The van der Waals surface area contributed by atoms with E-state index in [0.717, 1.165) is 17.5 Å². The van der Waals surface area contributed by atoms with E-state index >= 15 is 4.39 Å². The molecule has 3 N–H and O–H groups in total. The molecule has 0 unspecified atom stereocenters. The average molecular weight is 566 g/mol. The fraction of sp³-hybridized carbons (Fsp3) is 0.176. The number of hydrogen-bond donors (Lipinski definition) is 2. The zero-order valence-corrected chi connectivity index (χ0v) is 22.8. The minimum atomic E-state index is -0.624. The Labute approximate surface area is 241 Å². The molecule has 8 heteroatoms. The first-order chi connectivity index (χ1) is 20.5. The Kier molecular flexibility index (Phi) is 7.54. The molecule has 1 saturated heterocycles. The predicted octanol–water partition coefficient (Wildman–Crippen LogP) is 7.41. The van der Waals surface area contributed by atoms with Gasteiger partial charge in [0.05, 0.1) is 16.8 Å². The smallest absolute Gasteiger partial charge is 0.338 e. The molecule has 212 valence electrons. The van der Waals surface area contributed by atoms with Gasteiger partial charge in [-0.05, 0) is 66.4 Å². The van der Waals surface area contributed by atoms with Gasteiger partial charge in [0.2, 0.25) is 0 Å². The first-order valence-electron chi connectivity index (χ1n) is 13.8. The lowest BCUT2D eigenvalue weighted by atomic mass is 9.89. The van der Waals surface area contributed by atoms with Crippen LogP contribution in [0, 0.1) is 17.0 Å². The van der Waals surface area contributed by atoms with Crippen molar-refractivity contribution in [1.82, 2.24) is 4.57 Å². The van der Waals surface area contributed by atoms with E-state index in [1.165, 1.54) is 12.1 Å². The van der Waals surface area contributed by atoms with Crippen LogP contribution in [0.4, 0.5) is 14.5 Å². The van der Waals surface area contributed by atoms with E-state index < -0.39 is 11.8 Å². The molecule has 0 saturated carbocycles. The molecule has 6 nitrogen and oxygen atoms in total. The van der Waals surface area contributed by atoms with Gasteiger partial charge in [0, 0.05) is 53.2 Å². The van der Waals surface area contributed by atoms with Crippen LogP contribution in [-0.2, 0) is 16.1 Å². The maximum Gasteiger partial charge on any atom is 0.338 e. The van der Waals surface area contributed by atoms with Crippen molar-refractivity contribution < 1.29 is 23.0 Å². The third-order valence-corrected chi connectivity index (χ3v) is 7.77. The molecule has 1 aliphatic heterocycles. The van der Waals surface area contributed by atoms with E-state index in [1.54, 1.807) is 42.5 Å². The van der Waals surface area contributed by atoms with Gasteiger partial charge in [-0.15, -0.1) is 0 Å². The first-order valence-corrected chi connectivity index (χ1v) is 13.8. The van der Waals surface area contributed by atoms with Gasteiger partial charge in [-0.2, -0.15) is 0 Å². The van der Waals surface area contributed by atoms with Crippen LogP contribution in [0.1, 0.15) is 45.9 Å². The van der Waals surface area contributed by atoms with E-state index in [-0.39, 0.29) is 29.6 Å². The molecule has 42 heavy (non-hydrogen) atoms. The molecule has 4 aromatic carbocycles. The van der Waals surface area contributed by atoms with Gasteiger partial charge >= 0.3 is 5.97 Å². The van der Waals surface area contributed by atoms with E-state index in [9.17, 15) is 9.18 Å². The van der Waals surface area contributed by atoms with Crippen LogP contribution in [0.15, 0.2) is 84.9 Å². The van der Waals surface area contributed by atoms with Gasteiger partial charge < -0.3 is 25.2 Å². The molecule has 1 aromatic heterocycles. The maximum atomic E-state index is 16.2. The molecule has 0 radical (unpaired) electrons. The minimum absolute atomic E-state index is 0.00535. The van der Waals surface area contributed by atoms with Crippen LogP contribution in [0.2, 0.25) is 0 Å². The number of nitrogens with two attached hydrogens (primary N) is 1. The lowest BCUT2D eigenvalue weighted by Crippen LogP contribution is -2.17. The van der Waals surface area contributed by atoms with Crippen molar-refractivity contribution in [2.75, 3.05) is 18.9 Å². The second kappa shape index (κ2) is 11.6. The number of carbonyl (C=O) groups excluding carboxylic acids is 1. The zero-order valence-electron chi connectivity index (χ0n) is 22.8. The van der Waals surface area contributed by atoms with Crippen LogP contribution in [0.5, 0.6) is 0 Å². The quantitative estimate of drug-likeness (QED) is 0.122. The van der Waals surface area contributed by atoms with Crippen molar-refractivity contribution >= 4 is 28.8 Å². The third kappa shape index (κ3) is 5.05. The lowest BCUT2D eigenvalue weighted by Gasteiger charge is -2.26. The summed E-state index contributed by atoms with van der Waals surface area (Å²) in [5.74, 6) is -1.46. The van der Waals surface area contributed by atoms with Crippen molar-refractivity contribution in [3.8, 4) is 16.8 Å². The third-order valence-electron chi connectivity index (χ3n) is 7.77. The molecule has 0 amide bonds. The molecule has 2 heterocycles. The molecule has 0 spiro atoms. The number of esters is 1. The number of nitrogens with one attached hydrogen (secondary N) is 1. The highest BCUT2D eigenvalue weighted by molar-refractivity contribution is 6.05. The van der Waals surface area contributed by atoms with Crippen molar-refractivity contribution in [3.05, 3.63) is 119 Å². The van der Waals surface area contributed by atoms with Crippen molar-refractivity contribution in [2.45, 2.75) is 25.4 Å². The summed E-state index contributed by atoms with van der Waals surface area (Å²) < 4.78 is 43.2. The number of nitrogens with zero attached hydrogens (tertiary/aromatic N) is 1. The topological polar surface area (TPSA) is 90.3 Å². The Balaban J connectivity index is 1.52. The summed E-state index contributed by atoms with van der Waals surface area (Å²) in [6, 6.07) is 24.1. The van der Waals surface area contributed by atoms with Crippen molar-refractivity contribution in [1.29, 1.82) is 5.41 Å². The summed E-state index contributed by atoms with van der Waals surface area (Å²) in [7, 11) is 0. The van der Waals surface area contributed by atoms with Crippen LogP contribution in [0.25, 0.3) is 27.7 Å². The highest BCUT2D eigenvalue weighted by atomic mass is 19.1. The van der Waals surface area contributed by atoms with Gasteiger partial charge in [-0.1, -0.05) is 42.5 Å². The van der Waals surface area contributed by atoms with Crippen LogP contribution in [0.3, 0.4) is 0 Å².